The lowest BCUT2D eigenvalue weighted by Gasteiger charge is -2.34. The molecule has 2 heterocycles. The molecule has 0 fully saturated rings. The highest BCUT2D eigenvalue weighted by Gasteiger charge is 2.27. The fourth-order valence-electron chi connectivity index (χ4n) is 3.17. The van der Waals surface area contributed by atoms with Gasteiger partial charge in [0.1, 0.15) is 0 Å². The van der Waals surface area contributed by atoms with Crippen molar-refractivity contribution >= 4 is 16.5 Å². The summed E-state index contributed by atoms with van der Waals surface area (Å²) in [6, 6.07) is 4.71. The third-order valence-electron chi connectivity index (χ3n) is 4.05. The minimum absolute atomic E-state index is 0.429. The highest BCUT2D eigenvalue weighted by Crippen LogP contribution is 2.34. The zero-order valence-corrected chi connectivity index (χ0v) is 13.3. The lowest BCUT2D eigenvalue weighted by atomic mass is 9.90. The summed E-state index contributed by atoms with van der Waals surface area (Å²) in [6.07, 6.45) is 8.57. The van der Waals surface area contributed by atoms with Gasteiger partial charge < -0.3 is 5.73 Å². The van der Waals surface area contributed by atoms with Crippen molar-refractivity contribution in [3.8, 4) is 0 Å². The molecule has 0 bridgehead atoms. The summed E-state index contributed by atoms with van der Waals surface area (Å²) in [7, 11) is 0. The van der Waals surface area contributed by atoms with Gasteiger partial charge in [-0.25, -0.2) is 4.98 Å². The van der Waals surface area contributed by atoms with E-state index < -0.39 is 0 Å². The van der Waals surface area contributed by atoms with Crippen molar-refractivity contribution < 1.29 is 0 Å². The van der Waals surface area contributed by atoms with Crippen LogP contribution in [0, 0.1) is 0 Å². The predicted octanol–water partition coefficient (Wildman–Crippen LogP) is 3.41. The predicted molar refractivity (Wildman–Crippen MR) is 87.1 cm³/mol. The van der Waals surface area contributed by atoms with E-state index in [4.69, 9.17) is 5.73 Å². The normalized spacial score (nSPS) is 17.9. The van der Waals surface area contributed by atoms with Crippen LogP contribution in [-0.4, -0.2) is 21.4 Å². The summed E-state index contributed by atoms with van der Waals surface area (Å²) >= 11 is 1.59. The smallest absolute Gasteiger partial charge is 0.180 e. The number of hydrogen-bond donors (Lipinski definition) is 1. The highest BCUT2D eigenvalue weighted by atomic mass is 32.1. The van der Waals surface area contributed by atoms with Crippen LogP contribution in [0.25, 0.3) is 0 Å². The minimum Gasteiger partial charge on any atom is -0.375 e. The molecule has 1 aliphatic carbocycles. The average molecular weight is 302 g/mol. The van der Waals surface area contributed by atoms with E-state index in [1.807, 2.05) is 12.4 Å². The maximum absolute atomic E-state index is 5.76. The molecule has 21 heavy (non-hydrogen) atoms. The molecular weight excluding hydrogens is 280 g/mol. The first kappa shape index (κ1) is 14.5. The standard InChI is InChI=1S/C16H22N4S/c1-2-9-20(11-13-10-19-16(17)21-13)14-7-3-5-12-6-4-8-18-15(12)14/h4,6,8,10,14H,2-3,5,7,9,11H2,1H3,(H2,17,19). The Balaban J connectivity index is 1.84. The number of rotatable bonds is 5. The number of aromatic nitrogens is 2. The van der Waals surface area contributed by atoms with Gasteiger partial charge in [-0.1, -0.05) is 13.0 Å². The second kappa shape index (κ2) is 6.54. The third-order valence-corrected chi connectivity index (χ3v) is 4.86. The Labute approximate surface area is 130 Å². The molecule has 0 saturated heterocycles. The SMILES string of the molecule is CCCN(Cc1cnc(N)s1)C1CCCc2cccnc21. The fourth-order valence-corrected chi connectivity index (χ4v) is 3.88. The Morgan fingerprint density at radius 3 is 3.10 bits per heavy atom. The van der Waals surface area contributed by atoms with Gasteiger partial charge >= 0.3 is 0 Å². The van der Waals surface area contributed by atoms with E-state index in [0.29, 0.717) is 11.2 Å². The number of thiazole rings is 1. The van der Waals surface area contributed by atoms with Gasteiger partial charge in [0.05, 0.1) is 11.7 Å². The molecule has 0 amide bonds. The van der Waals surface area contributed by atoms with Crippen LogP contribution in [0.4, 0.5) is 5.13 Å². The van der Waals surface area contributed by atoms with Crippen LogP contribution in [0.5, 0.6) is 0 Å². The summed E-state index contributed by atoms with van der Waals surface area (Å²) in [4.78, 5) is 12.6. The van der Waals surface area contributed by atoms with Gasteiger partial charge in [0.25, 0.3) is 0 Å². The van der Waals surface area contributed by atoms with Crippen molar-refractivity contribution in [1.82, 2.24) is 14.9 Å². The molecule has 0 aliphatic heterocycles. The number of nitrogens with zero attached hydrogens (tertiary/aromatic N) is 3. The van der Waals surface area contributed by atoms with E-state index in [0.717, 1.165) is 25.9 Å². The van der Waals surface area contributed by atoms with Crippen LogP contribution in [0.15, 0.2) is 24.5 Å². The number of anilines is 1. The molecule has 3 rings (SSSR count). The van der Waals surface area contributed by atoms with Crippen molar-refractivity contribution in [2.45, 2.75) is 45.2 Å². The van der Waals surface area contributed by atoms with Gasteiger partial charge in [-0.15, -0.1) is 11.3 Å². The van der Waals surface area contributed by atoms with Gasteiger partial charge in [0.2, 0.25) is 0 Å². The Morgan fingerprint density at radius 2 is 2.33 bits per heavy atom. The number of nitrogens with two attached hydrogens (primary N) is 1. The molecule has 2 N–H and O–H groups in total. The van der Waals surface area contributed by atoms with Crippen molar-refractivity contribution in [2.24, 2.45) is 0 Å². The topological polar surface area (TPSA) is 55.0 Å². The van der Waals surface area contributed by atoms with Crippen LogP contribution in [0.2, 0.25) is 0 Å². The number of aryl methyl sites for hydroxylation is 1. The second-order valence-electron chi connectivity index (χ2n) is 5.59. The molecule has 1 aliphatic rings. The molecule has 1 atom stereocenters. The van der Waals surface area contributed by atoms with Crippen molar-refractivity contribution in [3.05, 3.63) is 40.7 Å². The van der Waals surface area contributed by atoms with E-state index in [2.05, 4.69) is 33.9 Å². The van der Waals surface area contributed by atoms with Crippen LogP contribution in [0.1, 0.15) is 48.4 Å². The van der Waals surface area contributed by atoms with E-state index in [1.54, 1.807) is 11.3 Å². The summed E-state index contributed by atoms with van der Waals surface area (Å²) in [6.45, 7) is 4.23. The van der Waals surface area contributed by atoms with Gasteiger partial charge in [-0.2, -0.15) is 0 Å². The highest BCUT2D eigenvalue weighted by molar-refractivity contribution is 7.15. The molecule has 5 heteroatoms. The number of nitrogen functional groups attached to an aromatic ring is 1. The molecule has 1 unspecified atom stereocenters. The van der Waals surface area contributed by atoms with E-state index in [-0.39, 0.29) is 0 Å². The summed E-state index contributed by atoms with van der Waals surface area (Å²) < 4.78 is 0. The Bertz CT molecular complexity index is 595. The van der Waals surface area contributed by atoms with Gasteiger partial charge in [-0.05, 0) is 43.9 Å². The summed E-state index contributed by atoms with van der Waals surface area (Å²) in [5, 5.41) is 0.656. The largest absolute Gasteiger partial charge is 0.375 e. The summed E-state index contributed by atoms with van der Waals surface area (Å²) in [5.74, 6) is 0. The van der Waals surface area contributed by atoms with Crippen LogP contribution in [-0.2, 0) is 13.0 Å². The molecular formula is C16H22N4S. The zero-order valence-electron chi connectivity index (χ0n) is 12.5. The molecule has 0 saturated carbocycles. The van der Waals surface area contributed by atoms with Crippen molar-refractivity contribution in [1.29, 1.82) is 0 Å². The monoisotopic (exact) mass is 302 g/mol. The molecule has 2 aromatic rings. The van der Waals surface area contributed by atoms with E-state index >= 15 is 0 Å². The Morgan fingerprint density at radius 1 is 1.43 bits per heavy atom. The lowest BCUT2D eigenvalue weighted by molar-refractivity contribution is 0.167. The van der Waals surface area contributed by atoms with Crippen molar-refractivity contribution in [3.63, 3.8) is 0 Å². The molecule has 0 spiro atoms. The van der Waals surface area contributed by atoms with Gasteiger partial charge in [-0.3, -0.25) is 9.88 Å². The molecule has 4 nitrogen and oxygen atoms in total. The first-order valence-corrected chi connectivity index (χ1v) is 8.47. The lowest BCUT2D eigenvalue weighted by Crippen LogP contribution is -2.32. The van der Waals surface area contributed by atoms with Gasteiger partial charge in [0, 0.05) is 23.8 Å². The van der Waals surface area contributed by atoms with Crippen LogP contribution < -0.4 is 5.73 Å². The average Bonchev–Trinajstić information content (AvgIpc) is 2.91. The Kier molecular flexibility index (Phi) is 4.51. The number of fused-ring (bicyclic) bond motifs is 1. The van der Waals surface area contributed by atoms with E-state index in [1.165, 1.54) is 29.0 Å². The quantitative estimate of drug-likeness (QED) is 0.919. The third kappa shape index (κ3) is 3.24. The minimum atomic E-state index is 0.429. The first-order chi connectivity index (χ1) is 10.3. The first-order valence-electron chi connectivity index (χ1n) is 7.66. The Hall–Kier alpha value is -1.46. The number of hydrogen-bond acceptors (Lipinski definition) is 5. The molecule has 2 aromatic heterocycles. The number of pyridine rings is 1. The molecule has 0 radical (unpaired) electrons. The zero-order chi connectivity index (χ0) is 14.7. The molecule has 112 valence electrons. The maximum Gasteiger partial charge on any atom is 0.180 e. The van der Waals surface area contributed by atoms with E-state index in [9.17, 15) is 0 Å². The summed E-state index contributed by atoms with van der Waals surface area (Å²) in [5.41, 5.74) is 8.45. The van der Waals surface area contributed by atoms with Gasteiger partial charge in [0.15, 0.2) is 5.13 Å². The van der Waals surface area contributed by atoms with Crippen LogP contribution in [0.3, 0.4) is 0 Å². The fraction of sp³-hybridized carbons (Fsp3) is 0.500. The molecule has 0 aromatic carbocycles. The maximum atomic E-state index is 5.76. The van der Waals surface area contributed by atoms with Crippen LogP contribution >= 0.6 is 11.3 Å². The second-order valence-corrected chi connectivity index (χ2v) is 6.74. The van der Waals surface area contributed by atoms with Crippen molar-refractivity contribution in [2.75, 3.05) is 12.3 Å².